The number of carbonyl (C=O) groups excluding carboxylic acids is 1. The predicted octanol–water partition coefficient (Wildman–Crippen LogP) is 3.52. The van der Waals surface area contributed by atoms with Crippen molar-refractivity contribution in [2.75, 3.05) is 52.0 Å². The molecule has 2 aliphatic rings. The van der Waals surface area contributed by atoms with Crippen LogP contribution in [-0.4, -0.2) is 73.2 Å². The van der Waals surface area contributed by atoms with Crippen molar-refractivity contribution in [3.63, 3.8) is 0 Å². The van der Waals surface area contributed by atoms with E-state index < -0.39 is 5.91 Å². The lowest BCUT2D eigenvalue weighted by Gasteiger charge is -2.19. The van der Waals surface area contributed by atoms with Crippen LogP contribution in [0.2, 0.25) is 0 Å². The SMILES string of the molecule is COc1cc(OCCN(C)C)c(NC(=O)/C=C/Cl)cc1Nc1nccc(C2=C3C=CC=CC3NN2C)n1. The fourth-order valence-corrected chi connectivity index (χ4v) is 4.07. The van der Waals surface area contributed by atoms with Crippen LogP contribution >= 0.6 is 11.6 Å². The van der Waals surface area contributed by atoms with Gasteiger partial charge in [0.25, 0.3) is 0 Å². The molecule has 2 aromatic rings. The zero-order valence-electron chi connectivity index (χ0n) is 21.2. The minimum atomic E-state index is -0.392. The summed E-state index contributed by atoms with van der Waals surface area (Å²) in [5.74, 6) is 0.942. The lowest BCUT2D eigenvalue weighted by molar-refractivity contribution is -0.111. The van der Waals surface area contributed by atoms with Crippen molar-refractivity contribution < 1.29 is 14.3 Å². The average molecular weight is 524 g/mol. The first-order valence-electron chi connectivity index (χ1n) is 11.7. The van der Waals surface area contributed by atoms with Gasteiger partial charge in [0.1, 0.15) is 18.1 Å². The maximum absolute atomic E-state index is 12.3. The Morgan fingerprint density at radius 2 is 2.11 bits per heavy atom. The van der Waals surface area contributed by atoms with Gasteiger partial charge >= 0.3 is 0 Å². The Hall–Kier alpha value is -3.86. The Morgan fingerprint density at radius 1 is 1.27 bits per heavy atom. The van der Waals surface area contributed by atoms with Crippen LogP contribution in [0.25, 0.3) is 5.70 Å². The molecule has 1 aliphatic heterocycles. The van der Waals surface area contributed by atoms with Crippen molar-refractivity contribution in [1.29, 1.82) is 0 Å². The number of hydrazine groups is 1. The molecule has 0 saturated heterocycles. The van der Waals surface area contributed by atoms with E-state index in [2.05, 4.69) is 33.2 Å². The fraction of sp³-hybridized carbons (Fsp3) is 0.269. The van der Waals surface area contributed by atoms with Crippen molar-refractivity contribution in [3.8, 4) is 11.5 Å². The van der Waals surface area contributed by atoms with Crippen LogP contribution < -0.4 is 25.5 Å². The summed E-state index contributed by atoms with van der Waals surface area (Å²) < 4.78 is 11.6. The molecule has 1 aromatic carbocycles. The summed E-state index contributed by atoms with van der Waals surface area (Å²) in [6.45, 7) is 1.12. The predicted molar refractivity (Wildman–Crippen MR) is 146 cm³/mol. The number of amides is 1. The summed E-state index contributed by atoms with van der Waals surface area (Å²) in [7, 11) is 7.43. The largest absolute Gasteiger partial charge is 0.494 e. The Labute approximate surface area is 221 Å². The Kier molecular flexibility index (Phi) is 8.44. The number of hydrogen-bond donors (Lipinski definition) is 3. The molecule has 0 spiro atoms. The highest BCUT2D eigenvalue weighted by atomic mass is 35.5. The van der Waals surface area contributed by atoms with Gasteiger partial charge in [-0.15, -0.1) is 0 Å². The van der Waals surface area contributed by atoms with Gasteiger partial charge in [-0.25, -0.2) is 15.4 Å². The lowest BCUT2D eigenvalue weighted by atomic mass is 10.0. The number of methoxy groups -OCH3 is 1. The quantitative estimate of drug-likeness (QED) is 0.403. The van der Waals surface area contributed by atoms with E-state index in [1.165, 1.54) is 6.08 Å². The molecule has 1 unspecified atom stereocenters. The van der Waals surface area contributed by atoms with E-state index in [4.69, 9.17) is 26.1 Å². The normalized spacial score (nSPS) is 16.5. The number of anilines is 3. The van der Waals surface area contributed by atoms with Gasteiger partial charge in [-0.3, -0.25) is 4.79 Å². The Balaban J connectivity index is 1.65. The third-order valence-electron chi connectivity index (χ3n) is 5.68. The topological polar surface area (TPSA) is 104 Å². The molecule has 0 saturated carbocycles. The van der Waals surface area contributed by atoms with Crippen molar-refractivity contribution >= 4 is 40.5 Å². The van der Waals surface area contributed by atoms with E-state index in [-0.39, 0.29) is 6.04 Å². The summed E-state index contributed by atoms with van der Waals surface area (Å²) in [6, 6.07) is 5.40. The maximum Gasteiger partial charge on any atom is 0.249 e. The highest BCUT2D eigenvalue weighted by Gasteiger charge is 2.28. The second-order valence-electron chi connectivity index (χ2n) is 8.59. The zero-order chi connectivity index (χ0) is 26.4. The van der Waals surface area contributed by atoms with Crippen molar-refractivity contribution in [3.05, 3.63) is 71.6 Å². The monoisotopic (exact) mass is 523 g/mol. The molecule has 2 heterocycles. The van der Waals surface area contributed by atoms with Gasteiger partial charge in [-0.1, -0.05) is 35.9 Å². The van der Waals surface area contributed by atoms with Gasteiger partial charge < -0.3 is 30.0 Å². The number of carbonyl (C=O) groups is 1. The van der Waals surface area contributed by atoms with E-state index in [1.807, 2.05) is 49.3 Å². The number of nitrogens with zero attached hydrogens (tertiary/aromatic N) is 4. The Bertz CT molecular complexity index is 1270. The second kappa shape index (κ2) is 11.9. The summed E-state index contributed by atoms with van der Waals surface area (Å²) in [4.78, 5) is 23.4. The van der Waals surface area contributed by atoms with Crippen molar-refractivity contribution in [1.82, 2.24) is 25.3 Å². The van der Waals surface area contributed by atoms with Gasteiger partial charge in [-0.05, 0) is 26.2 Å². The summed E-state index contributed by atoms with van der Waals surface area (Å²) in [5, 5.41) is 7.98. The number of allylic oxidation sites excluding steroid dienone is 2. The average Bonchev–Trinajstić information content (AvgIpc) is 3.21. The zero-order valence-corrected chi connectivity index (χ0v) is 21.9. The van der Waals surface area contributed by atoms with Crippen molar-refractivity contribution in [2.24, 2.45) is 0 Å². The van der Waals surface area contributed by atoms with Crippen LogP contribution in [0.5, 0.6) is 11.5 Å². The molecule has 37 heavy (non-hydrogen) atoms. The molecule has 11 heteroatoms. The number of hydrogen-bond acceptors (Lipinski definition) is 9. The standard InChI is InChI=1S/C26H30ClN7O3/c1-33(2)13-14-37-23-16-22(36-4)20(15-21(23)29-24(35)9-11-27)31-26-28-12-10-19(30-26)25-17-7-5-6-8-18(17)32-34(25)3/h5-12,15-16,18,32H,13-14H2,1-4H3,(H,29,35)(H,28,30,31)/b11-9+. The number of fused-ring (bicyclic) bond motifs is 1. The first-order chi connectivity index (χ1) is 17.9. The molecule has 194 valence electrons. The number of halogens is 1. The van der Waals surface area contributed by atoms with Crippen LogP contribution in [0.4, 0.5) is 17.3 Å². The second-order valence-corrected chi connectivity index (χ2v) is 8.84. The molecular formula is C26H30ClN7O3. The molecule has 1 atom stereocenters. The fourth-order valence-electron chi connectivity index (χ4n) is 3.95. The minimum absolute atomic E-state index is 0.102. The van der Waals surface area contributed by atoms with Crippen LogP contribution in [0, 0.1) is 0 Å². The lowest BCUT2D eigenvalue weighted by Crippen LogP contribution is -2.33. The molecule has 0 fully saturated rings. The van der Waals surface area contributed by atoms with Gasteiger partial charge in [0, 0.05) is 43.0 Å². The molecule has 10 nitrogen and oxygen atoms in total. The third-order valence-corrected chi connectivity index (χ3v) is 5.81. The van der Waals surface area contributed by atoms with Gasteiger partial charge in [0.05, 0.1) is 35.9 Å². The van der Waals surface area contributed by atoms with Gasteiger partial charge in [0.2, 0.25) is 11.9 Å². The molecule has 1 aromatic heterocycles. The summed E-state index contributed by atoms with van der Waals surface area (Å²) >= 11 is 5.58. The van der Waals surface area contributed by atoms with Crippen LogP contribution in [0.1, 0.15) is 5.69 Å². The number of rotatable bonds is 10. The van der Waals surface area contributed by atoms with Crippen LogP contribution in [0.3, 0.4) is 0 Å². The molecule has 0 bridgehead atoms. The number of ether oxygens (including phenoxy) is 2. The number of benzene rings is 1. The number of nitrogens with one attached hydrogen (secondary N) is 3. The molecule has 0 radical (unpaired) electrons. The molecular weight excluding hydrogens is 494 g/mol. The minimum Gasteiger partial charge on any atom is -0.494 e. The highest BCUT2D eigenvalue weighted by molar-refractivity contribution is 6.27. The first kappa shape index (κ1) is 26.2. The van der Waals surface area contributed by atoms with E-state index in [0.29, 0.717) is 42.0 Å². The third kappa shape index (κ3) is 6.29. The number of likely N-dealkylation sites (N-methyl/N-ethyl adjacent to an activating group) is 1. The molecule has 3 N–H and O–H groups in total. The van der Waals surface area contributed by atoms with Crippen LogP contribution in [0.15, 0.2) is 65.9 Å². The van der Waals surface area contributed by atoms with E-state index >= 15 is 0 Å². The summed E-state index contributed by atoms with van der Waals surface area (Å²) in [5.41, 5.74) is 8.41. The molecule has 4 rings (SSSR count). The molecule has 1 aliphatic carbocycles. The summed E-state index contributed by atoms with van der Waals surface area (Å²) in [6.07, 6.45) is 11.1. The van der Waals surface area contributed by atoms with Gasteiger partial charge in [0.15, 0.2) is 0 Å². The van der Waals surface area contributed by atoms with Crippen LogP contribution in [-0.2, 0) is 4.79 Å². The Morgan fingerprint density at radius 3 is 2.86 bits per heavy atom. The molecule has 1 amide bonds. The number of aromatic nitrogens is 2. The first-order valence-corrected chi connectivity index (χ1v) is 12.1. The maximum atomic E-state index is 12.3. The highest BCUT2D eigenvalue weighted by Crippen LogP contribution is 2.38. The smallest absolute Gasteiger partial charge is 0.249 e. The van der Waals surface area contributed by atoms with E-state index in [0.717, 1.165) is 22.5 Å². The van der Waals surface area contributed by atoms with E-state index in [1.54, 1.807) is 25.4 Å². The van der Waals surface area contributed by atoms with Gasteiger partial charge in [-0.2, -0.15) is 0 Å². The van der Waals surface area contributed by atoms with Crippen molar-refractivity contribution in [2.45, 2.75) is 6.04 Å². The van der Waals surface area contributed by atoms with E-state index in [9.17, 15) is 4.79 Å².